The Morgan fingerprint density at radius 3 is 2.95 bits per heavy atom. The summed E-state index contributed by atoms with van der Waals surface area (Å²) in [7, 11) is 0. The summed E-state index contributed by atoms with van der Waals surface area (Å²) in [5.41, 5.74) is 1.19. The van der Waals surface area contributed by atoms with Gasteiger partial charge in [0, 0.05) is 18.2 Å². The third-order valence-corrected chi connectivity index (χ3v) is 2.60. The maximum Gasteiger partial charge on any atom is 0.293 e. The Morgan fingerprint density at radius 1 is 1.53 bits per heavy atom. The summed E-state index contributed by atoms with van der Waals surface area (Å²) in [6.07, 6.45) is 0. The van der Waals surface area contributed by atoms with Crippen molar-refractivity contribution in [2.45, 2.75) is 13.5 Å². The zero-order valence-corrected chi connectivity index (χ0v) is 9.95. The number of nitro benzene ring substituents is 1. The Morgan fingerprint density at radius 2 is 2.32 bits per heavy atom. The van der Waals surface area contributed by atoms with Crippen LogP contribution in [0.1, 0.15) is 21.7 Å². The van der Waals surface area contributed by atoms with E-state index in [-0.39, 0.29) is 18.1 Å². The standard InChI is InChI=1S/C10H10N6O3/c1-6-7(3-2-4-8(6)16(18)19)5-11-10(17)9-12-14-15-13-9/h2-4H,5H2,1H3,(H,11,17)(H,12,13,14,15). The highest BCUT2D eigenvalue weighted by Crippen LogP contribution is 2.20. The maximum atomic E-state index is 11.6. The van der Waals surface area contributed by atoms with Crippen LogP contribution < -0.4 is 5.32 Å². The van der Waals surface area contributed by atoms with Crippen molar-refractivity contribution in [3.05, 3.63) is 45.3 Å². The fourth-order valence-corrected chi connectivity index (χ4v) is 1.57. The third-order valence-electron chi connectivity index (χ3n) is 2.60. The van der Waals surface area contributed by atoms with E-state index in [9.17, 15) is 14.9 Å². The molecule has 1 heterocycles. The molecule has 0 fully saturated rings. The Hall–Kier alpha value is -2.84. The highest BCUT2D eigenvalue weighted by atomic mass is 16.6. The lowest BCUT2D eigenvalue weighted by atomic mass is 10.1. The van der Waals surface area contributed by atoms with Gasteiger partial charge in [-0.25, -0.2) is 0 Å². The number of H-pyrrole nitrogens is 1. The number of hydrogen-bond donors (Lipinski definition) is 2. The molecule has 0 saturated carbocycles. The number of nitrogens with zero attached hydrogens (tertiary/aromatic N) is 4. The van der Waals surface area contributed by atoms with E-state index in [1.807, 2.05) is 0 Å². The van der Waals surface area contributed by atoms with Gasteiger partial charge in [0.25, 0.3) is 17.4 Å². The molecule has 98 valence electrons. The monoisotopic (exact) mass is 262 g/mol. The number of benzene rings is 1. The molecule has 0 spiro atoms. The van der Waals surface area contributed by atoms with Crippen LogP contribution in [-0.2, 0) is 6.54 Å². The summed E-state index contributed by atoms with van der Waals surface area (Å²) in [6.45, 7) is 1.79. The fraction of sp³-hybridized carbons (Fsp3) is 0.200. The van der Waals surface area contributed by atoms with E-state index in [0.717, 1.165) is 0 Å². The van der Waals surface area contributed by atoms with Gasteiger partial charge in [-0.15, -0.1) is 10.2 Å². The van der Waals surface area contributed by atoms with Crippen LogP contribution in [0.15, 0.2) is 18.2 Å². The van der Waals surface area contributed by atoms with Gasteiger partial charge in [-0.1, -0.05) is 12.1 Å². The second-order valence-corrected chi connectivity index (χ2v) is 3.74. The van der Waals surface area contributed by atoms with Crippen LogP contribution in [0.25, 0.3) is 0 Å². The summed E-state index contributed by atoms with van der Waals surface area (Å²) in [5.74, 6) is -0.581. The van der Waals surface area contributed by atoms with Crippen LogP contribution in [0, 0.1) is 17.0 Å². The average molecular weight is 262 g/mol. The van der Waals surface area contributed by atoms with Crippen molar-refractivity contribution in [1.29, 1.82) is 0 Å². The molecule has 2 N–H and O–H groups in total. The number of amides is 1. The molecular formula is C10H10N6O3. The summed E-state index contributed by atoms with van der Waals surface area (Å²) in [4.78, 5) is 21.9. The molecule has 0 radical (unpaired) electrons. The zero-order valence-electron chi connectivity index (χ0n) is 9.95. The fourth-order valence-electron chi connectivity index (χ4n) is 1.57. The van der Waals surface area contributed by atoms with Gasteiger partial charge < -0.3 is 5.32 Å². The topological polar surface area (TPSA) is 127 Å². The smallest absolute Gasteiger partial charge is 0.293 e. The first-order chi connectivity index (χ1) is 9.09. The summed E-state index contributed by atoms with van der Waals surface area (Å²) >= 11 is 0. The van der Waals surface area contributed by atoms with Gasteiger partial charge in [0.15, 0.2) is 0 Å². The molecule has 2 rings (SSSR count). The van der Waals surface area contributed by atoms with Gasteiger partial charge >= 0.3 is 0 Å². The van der Waals surface area contributed by atoms with Crippen LogP contribution in [0.2, 0.25) is 0 Å². The normalized spacial score (nSPS) is 10.2. The summed E-state index contributed by atoms with van der Waals surface area (Å²) in [6, 6.07) is 4.69. The molecule has 0 aliphatic heterocycles. The van der Waals surface area contributed by atoms with Gasteiger partial charge in [-0.3, -0.25) is 14.9 Å². The first-order valence-electron chi connectivity index (χ1n) is 5.34. The van der Waals surface area contributed by atoms with Crippen molar-refractivity contribution >= 4 is 11.6 Å². The van der Waals surface area contributed by atoms with E-state index >= 15 is 0 Å². The Kier molecular flexibility index (Phi) is 3.46. The van der Waals surface area contributed by atoms with Crippen molar-refractivity contribution in [3.8, 4) is 0 Å². The maximum absolute atomic E-state index is 11.6. The van der Waals surface area contributed by atoms with Crippen molar-refractivity contribution in [2.24, 2.45) is 0 Å². The lowest BCUT2D eigenvalue weighted by molar-refractivity contribution is -0.385. The number of tetrazole rings is 1. The lowest BCUT2D eigenvalue weighted by Gasteiger charge is -2.06. The SMILES string of the molecule is Cc1c(CNC(=O)c2nn[nH]n2)cccc1[N+](=O)[O-]. The van der Waals surface area contributed by atoms with E-state index in [4.69, 9.17) is 0 Å². The Balaban J connectivity index is 2.10. The highest BCUT2D eigenvalue weighted by Gasteiger charge is 2.15. The van der Waals surface area contributed by atoms with Gasteiger partial charge in [-0.2, -0.15) is 5.21 Å². The number of hydrogen-bond acceptors (Lipinski definition) is 6. The van der Waals surface area contributed by atoms with Crippen LogP contribution in [0.5, 0.6) is 0 Å². The number of nitro groups is 1. The molecule has 1 aromatic heterocycles. The number of carbonyl (C=O) groups is 1. The van der Waals surface area contributed by atoms with Gasteiger partial charge in [-0.05, 0) is 17.7 Å². The first kappa shape index (κ1) is 12.6. The molecule has 1 amide bonds. The van der Waals surface area contributed by atoms with Gasteiger partial charge in [0.1, 0.15) is 0 Å². The van der Waals surface area contributed by atoms with Crippen LogP contribution in [0.4, 0.5) is 5.69 Å². The molecule has 19 heavy (non-hydrogen) atoms. The minimum absolute atomic E-state index is 0.0197. The van der Waals surface area contributed by atoms with Crippen molar-refractivity contribution < 1.29 is 9.72 Å². The third kappa shape index (κ3) is 2.70. The Bertz CT molecular complexity index is 610. The van der Waals surface area contributed by atoms with Crippen LogP contribution >= 0.6 is 0 Å². The predicted molar refractivity (Wildman–Crippen MR) is 63.2 cm³/mol. The molecule has 9 nitrogen and oxygen atoms in total. The van der Waals surface area contributed by atoms with Gasteiger partial charge in [0.2, 0.25) is 0 Å². The Labute approximate surface area is 107 Å². The molecule has 0 atom stereocenters. The number of aromatic nitrogens is 4. The quantitative estimate of drug-likeness (QED) is 0.604. The second-order valence-electron chi connectivity index (χ2n) is 3.74. The molecule has 1 aromatic carbocycles. The molecule has 0 aliphatic carbocycles. The van der Waals surface area contributed by atoms with E-state index in [1.54, 1.807) is 19.1 Å². The highest BCUT2D eigenvalue weighted by molar-refractivity contribution is 5.89. The minimum Gasteiger partial charge on any atom is -0.345 e. The lowest BCUT2D eigenvalue weighted by Crippen LogP contribution is -2.24. The molecule has 9 heteroatoms. The first-order valence-corrected chi connectivity index (χ1v) is 5.34. The van der Waals surface area contributed by atoms with Crippen molar-refractivity contribution in [2.75, 3.05) is 0 Å². The molecule has 2 aromatic rings. The summed E-state index contributed by atoms with van der Waals surface area (Å²) < 4.78 is 0. The van der Waals surface area contributed by atoms with Crippen LogP contribution in [-0.4, -0.2) is 31.5 Å². The van der Waals surface area contributed by atoms with Gasteiger partial charge in [0.05, 0.1) is 4.92 Å². The average Bonchev–Trinajstić information content (AvgIpc) is 2.90. The molecule has 0 saturated heterocycles. The van der Waals surface area contributed by atoms with Crippen molar-refractivity contribution in [1.82, 2.24) is 25.9 Å². The zero-order chi connectivity index (χ0) is 13.8. The molecule has 0 aliphatic rings. The number of rotatable bonds is 4. The number of nitrogens with one attached hydrogen (secondary N) is 2. The largest absolute Gasteiger partial charge is 0.345 e. The van der Waals surface area contributed by atoms with E-state index in [1.165, 1.54) is 6.07 Å². The molecule has 0 unspecified atom stereocenters. The van der Waals surface area contributed by atoms with E-state index in [0.29, 0.717) is 11.1 Å². The second kappa shape index (κ2) is 5.21. The summed E-state index contributed by atoms with van der Waals surface area (Å²) in [5, 5.41) is 25.8. The number of carbonyl (C=O) groups excluding carboxylic acids is 1. The van der Waals surface area contributed by atoms with Crippen molar-refractivity contribution in [3.63, 3.8) is 0 Å². The molecular weight excluding hydrogens is 252 g/mol. The van der Waals surface area contributed by atoms with Crippen LogP contribution in [0.3, 0.4) is 0 Å². The van der Waals surface area contributed by atoms with E-state index in [2.05, 4.69) is 25.9 Å². The predicted octanol–water partition coefficient (Wildman–Crippen LogP) is 0.346. The number of aromatic amines is 1. The minimum atomic E-state index is -0.500. The molecule has 0 bridgehead atoms. The van der Waals surface area contributed by atoms with E-state index < -0.39 is 10.8 Å².